The number of alkyl carbamates (subject to hydrolysis) is 1. The molecule has 1 amide bonds. The Morgan fingerprint density at radius 2 is 1.45 bits per heavy atom. The Bertz CT molecular complexity index is 684. The van der Waals surface area contributed by atoms with E-state index in [-0.39, 0.29) is 6.09 Å². The molecular formula is C17H13NO2. The Morgan fingerprint density at radius 3 is 1.95 bits per heavy atom. The number of carbonyl (C=O) groups excluding carboxylic acids is 1. The molecule has 0 radical (unpaired) electrons. The highest BCUT2D eigenvalue weighted by Gasteiger charge is 2.46. The Balaban J connectivity index is 2.06. The number of benzene rings is 2. The molecule has 0 saturated carbocycles. The van der Waals surface area contributed by atoms with Crippen molar-refractivity contribution in [3.63, 3.8) is 0 Å². The van der Waals surface area contributed by atoms with E-state index in [1.54, 1.807) is 0 Å². The van der Waals surface area contributed by atoms with Gasteiger partial charge in [0.15, 0.2) is 5.60 Å². The van der Waals surface area contributed by atoms with Crippen molar-refractivity contribution in [2.24, 2.45) is 0 Å². The molecule has 0 unspecified atom stereocenters. The summed E-state index contributed by atoms with van der Waals surface area (Å²) in [6.45, 7) is 0.460. The largest absolute Gasteiger partial charge is 0.431 e. The van der Waals surface area contributed by atoms with E-state index in [1.165, 1.54) is 0 Å². The lowest BCUT2D eigenvalue weighted by Gasteiger charge is -2.29. The molecule has 0 atom stereocenters. The van der Waals surface area contributed by atoms with Gasteiger partial charge in [0.2, 0.25) is 0 Å². The van der Waals surface area contributed by atoms with E-state index < -0.39 is 5.60 Å². The summed E-state index contributed by atoms with van der Waals surface area (Å²) in [5.41, 5.74) is 3.49. The van der Waals surface area contributed by atoms with Crippen LogP contribution in [0.15, 0.2) is 48.5 Å². The lowest BCUT2D eigenvalue weighted by Crippen LogP contribution is -2.33. The number of nitrogens with one attached hydrogen (secondary N) is 1. The number of carbonyl (C=O) groups is 1. The van der Waals surface area contributed by atoms with Gasteiger partial charge < -0.3 is 10.1 Å². The molecule has 2 aromatic rings. The fourth-order valence-electron chi connectivity index (χ4n) is 3.07. The molecule has 1 aliphatic carbocycles. The highest BCUT2D eigenvalue weighted by atomic mass is 16.6. The minimum absolute atomic E-state index is 0.364. The predicted octanol–water partition coefficient (Wildman–Crippen LogP) is 3.15. The van der Waals surface area contributed by atoms with Gasteiger partial charge in [-0.25, -0.2) is 4.79 Å². The van der Waals surface area contributed by atoms with Crippen LogP contribution in [0.25, 0.3) is 12.2 Å². The van der Waals surface area contributed by atoms with Crippen LogP contribution in [0, 0.1) is 0 Å². The maximum atomic E-state index is 11.7. The van der Waals surface area contributed by atoms with Crippen molar-refractivity contribution in [1.29, 1.82) is 0 Å². The monoisotopic (exact) mass is 263 g/mol. The molecule has 2 aliphatic rings. The van der Waals surface area contributed by atoms with Gasteiger partial charge in [-0.05, 0) is 11.1 Å². The topological polar surface area (TPSA) is 38.3 Å². The van der Waals surface area contributed by atoms with Crippen molar-refractivity contribution in [1.82, 2.24) is 5.32 Å². The van der Waals surface area contributed by atoms with Crippen molar-refractivity contribution in [2.45, 2.75) is 5.60 Å². The molecule has 1 spiro atoms. The highest BCUT2D eigenvalue weighted by Crippen LogP contribution is 2.42. The maximum Gasteiger partial charge on any atom is 0.408 e. The Morgan fingerprint density at radius 1 is 0.900 bits per heavy atom. The zero-order valence-corrected chi connectivity index (χ0v) is 10.8. The van der Waals surface area contributed by atoms with Gasteiger partial charge in [0.1, 0.15) is 0 Å². The van der Waals surface area contributed by atoms with Crippen LogP contribution in [-0.2, 0) is 10.3 Å². The molecule has 1 heterocycles. The smallest absolute Gasteiger partial charge is 0.408 e. The molecule has 20 heavy (non-hydrogen) atoms. The van der Waals surface area contributed by atoms with Gasteiger partial charge in [0.05, 0.1) is 6.54 Å². The van der Waals surface area contributed by atoms with Crippen molar-refractivity contribution in [2.75, 3.05) is 6.54 Å². The summed E-state index contributed by atoms with van der Waals surface area (Å²) in [6.07, 6.45) is 3.79. The molecule has 98 valence electrons. The molecular weight excluding hydrogens is 250 g/mol. The first-order valence-corrected chi connectivity index (χ1v) is 6.63. The van der Waals surface area contributed by atoms with Crippen molar-refractivity contribution in [3.05, 3.63) is 70.8 Å². The van der Waals surface area contributed by atoms with Crippen LogP contribution >= 0.6 is 0 Å². The minimum atomic E-state index is -0.728. The zero-order valence-electron chi connectivity index (χ0n) is 10.8. The van der Waals surface area contributed by atoms with Crippen molar-refractivity contribution in [3.8, 4) is 0 Å². The van der Waals surface area contributed by atoms with E-state index in [9.17, 15) is 4.79 Å². The molecule has 3 heteroatoms. The van der Waals surface area contributed by atoms with Crippen LogP contribution in [0.1, 0.15) is 22.3 Å². The van der Waals surface area contributed by atoms with Gasteiger partial charge in [-0.15, -0.1) is 0 Å². The molecule has 1 saturated heterocycles. The standard InChI is InChI=1S/C17H13NO2/c19-16-18-11-17(20-16)14-7-3-1-5-12(14)9-10-13-6-2-4-8-15(13)17/h1-10H,11H2,(H,18,19). The molecule has 1 N–H and O–H groups in total. The maximum absolute atomic E-state index is 11.7. The third-order valence-electron chi connectivity index (χ3n) is 3.98. The van der Waals surface area contributed by atoms with E-state index in [0.717, 1.165) is 22.3 Å². The van der Waals surface area contributed by atoms with Crippen molar-refractivity contribution < 1.29 is 9.53 Å². The highest BCUT2D eigenvalue weighted by molar-refractivity contribution is 5.80. The minimum Gasteiger partial charge on any atom is -0.431 e. The van der Waals surface area contributed by atoms with Gasteiger partial charge in [-0.1, -0.05) is 60.7 Å². The summed E-state index contributed by atoms with van der Waals surface area (Å²) in [4.78, 5) is 11.7. The number of fused-ring (bicyclic) bond motifs is 4. The third kappa shape index (κ3) is 1.43. The third-order valence-corrected chi connectivity index (χ3v) is 3.98. The number of hydrogen-bond donors (Lipinski definition) is 1. The zero-order chi connectivity index (χ0) is 13.6. The van der Waals surface area contributed by atoms with Crippen LogP contribution in [0.5, 0.6) is 0 Å². The predicted molar refractivity (Wildman–Crippen MR) is 77.1 cm³/mol. The first kappa shape index (κ1) is 11.3. The van der Waals surface area contributed by atoms with Crippen LogP contribution in [-0.4, -0.2) is 12.6 Å². The molecule has 0 bridgehead atoms. The van der Waals surface area contributed by atoms with Crippen molar-refractivity contribution >= 4 is 18.2 Å². The summed E-state index contributed by atoms with van der Waals surface area (Å²) >= 11 is 0. The van der Waals surface area contributed by atoms with Crippen LogP contribution in [0.4, 0.5) is 4.79 Å². The summed E-state index contributed by atoms with van der Waals surface area (Å²) in [7, 11) is 0. The second-order valence-corrected chi connectivity index (χ2v) is 5.08. The summed E-state index contributed by atoms with van der Waals surface area (Å²) in [5, 5.41) is 2.80. The fraction of sp³-hybridized carbons (Fsp3) is 0.118. The van der Waals surface area contributed by atoms with E-state index in [1.807, 2.05) is 48.5 Å². The van der Waals surface area contributed by atoms with Gasteiger partial charge in [-0.3, -0.25) is 0 Å². The number of rotatable bonds is 0. The quantitative estimate of drug-likeness (QED) is 0.793. The van der Waals surface area contributed by atoms with Crippen LogP contribution in [0.3, 0.4) is 0 Å². The average Bonchev–Trinajstić information content (AvgIpc) is 2.82. The van der Waals surface area contributed by atoms with E-state index in [2.05, 4.69) is 17.5 Å². The molecule has 3 nitrogen and oxygen atoms in total. The summed E-state index contributed by atoms with van der Waals surface area (Å²) < 4.78 is 5.73. The lowest BCUT2D eigenvalue weighted by atomic mass is 9.83. The molecule has 2 aromatic carbocycles. The Kier molecular flexibility index (Phi) is 2.24. The summed E-state index contributed by atoms with van der Waals surface area (Å²) in [5.74, 6) is 0. The molecule has 4 rings (SSSR count). The first-order chi connectivity index (χ1) is 9.79. The van der Waals surface area contributed by atoms with Gasteiger partial charge >= 0.3 is 6.09 Å². The van der Waals surface area contributed by atoms with Gasteiger partial charge in [0, 0.05) is 11.1 Å². The lowest BCUT2D eigenvalue weighted by molar-refractivity contribution is 0.0869. The van der Waals surface area contributed by atoms with E-state index in [4.69, 9.17) is 4.74 Å². The fourth-order valence-corrected chi connectivity index (χ4v) is 3.07. The second-order valence-electron chi connectivity index (χ2n) is 5.08. The van der Waals surface area contributed by atoms with E-state index >= 15 is 0 Å². The number of hydrogen-bond acceptors (Lipinski definition) is 2. The number of ether oxygens (including phenoxy) is 1. The Labute approximate surface area is 116 Å². The normalized spacial score (nSPS) is 17.9. The number of amides is 1. The molecule has 1 fully saturated rings. The van der Waals surface area contributed by atoms with Gasteiger partial charge in [-0.2, -0.15) is 0 Å². The summed E-state index contributed by atoms with van der Waals surface area (Å²) in [6, 6.07) is 16.1. The first-order valence-electron chi connectivity index (χ1n) is 6.63. The molecule has 0 aromatic heterocycles. The SMILES string of the molecule is O=C1NCC2(O1)c1ccccc1C=Cc1ccccc12. The average molecular weight is 263 g/mol. The van der Waals surface area contributed by atoms with Gasteiger partial charge in [0.25, 0.3) is 0 Å². The molecule has 1 aliphatic heterocycles. The van der Waals surface area contributed by atoms with E-state index in [0.29, 0.717) is 6.54 Å². The second kappa shape index (κ2) is 3.97. The van der Waals surface area contributed by atoms with Crippen LogP contribution in [0.2, 0.25) is 0 Å². The Hall–Kier alpha value is -2.55. The van der Waals surface area contributed by atoms with Crippen LogP contribution < -0.4 is 5.32 Å².